The van der Waals surface area contributed by atoms with Crippen molar-refractivity contribution in [3.8, 4) is 17.6 Å². The molecule has 0 fully saturated rings. The Kier molecular flexibility index (Phi) is 4.81. The van der Waals surface area contributed by atoms with Gasteiger partial charge in [-0.1, -0.05) is 0 Å². The van der Waals surface area contributed by atoms with Gasteiger partial charge in [-0.2, -0.15) is 9.99 Å². The molecular weight excluding hydrogens is 350 g/mol. The molecule has 2 rings (SSSR count). The molecule has 128 valence electrons. The molecular formula is C16H12ClN3O5. The van der Waals surface area contributed by atoms with Crippen LogP contribution in [0.2, 0.25) is 5.15 Å². The second kappa shape index (κ2) is 6.67. The van der Waals surface area contributed by atoms with Crippen LogP contribution in [0.25, 0.3) is 11.6 Å². The third-order valence-corrected chi connectivity index (χ3v) is 3.86. The summed E-state index contributed by atoms with van der Waals surface area (Å²) in [5.74, 6) is -1.58. The van der Waals surface area contributed by atoms with Gasteiger partial charge in [0, 0.05) is 19.1 Å². The van der Waals surface area contributed by atoms with Crippen LogP contribution < -0.4 is 4.73 Å². The summed E-state index contributed by atoms with van der Waals surface area (Å²) in [5.41, 5.74) is 0.453. The minimum Gasteiger partial charge on any atom is -0.617 e. The predicted octanol–water partition coefficient (Wildman–Crippen LogP) is 2.97. The molecule has 0 aliphatic rings. The molecule has 2 N–H and O–H groups in total. The highest BCUT2D eigenvalue weighted by atomic mass is 35.5. The van der Waals surface area contributed by atoms with E-state index in [2.05, 4.69) is 0 Å². The van der Waals surface area contributed by atoms with E-state index in [9.17, 15) is 30.8 Å². The lowest BCUT2D eigenvalue weighted by Crippen LogP contribution is -2.32. The van der Waals surface area contributed by atoms with Crippen molar-refractivity contribution < 1.29 is 19.9 Å². The van der Waals surface area contributed by atoms with Gasteiger partial charge in [0.1, 0.15) is 6.07 Å². The number of allylic oxidation sites excluding steroid dienone is 1. The first-order valence-corrected chi connectivity index (χ1v) is 7.27. The van der Waals surface area contributed by atoms with Gasteiger partial charge >= 0.3 is 5.69 Å². The lowest BCUT2D eigenvalue weighted by Gasteiger charge is -2.10. The minimum atomic E-state index is -0.873. The Morgan fingerprint density at radius 1 is 1.36 bits per heavy atom. The van der Waals surface area contributed by atoms with E-state index >= 15 is 0 Å². The van der Waals surface area contributed by atoms with E-state index in [0.29, 0.717) is 16.0 Å². The first-order chi connectivity index (χ1) is 11.7. The van der Waals surface area contributed by atoms with E-state index in [-0.39, 0.29) is 21.9 Å². The number of aromatic hydroxyl groups is 2. The lowest BCUT2D eigenvalue weighted by molar-refractivity contribution is -0.610. The Hall–Kier alpha value is -3.31. The molecule has 0 aliphatic carbocycles. The summed E-state index contributed by atoms with van der Waals surface area (Å²) >= 11 is 6.04. The minimum absolute atomic E-state index is 0.0218. The Balaban J connectivity index is 2.71. The highest BCUT2D eigenvalue weighted by Crippen LogP contribution is 2.37. The monoisotopic (exact) mass is 361 g/mol. The fraction of sp³-hybridized carbons (Fsp3) is 0.125. The summed E-state index contributed by atoms with van der Waals surface area (Å²) in [6.45, 7) is 3.23. The zero-order valence-electron chi connectivity index (χ0n) is 13.1. The topological polar surface area (TPSA) is 134 Å². The Morgan fingerprint density at radius 3 is 2.56 bits per heavy atom. The van der Waals surface area contributed by atoms with Crippen LogP contribution in [0.3, 0.4) is 0 Å². The van der Waals surface area contributed by atoms with Crippen LogP contribution in [-0.4, -0.2) is 15.1 Å². The van der Waals surface area contributed by atoms with Gasteiger partial charge in [-0.05, 0) is 41.8 Å². The number of phenolic OH excluding ortho intramolecular Hbond substituents is 2. The number of nitriles is 1. The maximum absolute atomic E-state index is 11.9. The number of benzene rings is 1. The van der Waals surface area contributed by atoms with E-state index in [1.54, 1.807) is 19.9 Å². The van der Waals surface area contributed by atoms with E-state index < -0.39 is 22.1 Å². The van der Waals surface area contributed by atoms with E-state index in [4.69, 9.17) is 11.6 Å². The van der Waals surface area contributed by atoms with Crippen molar-refractivity contribution in [2.75, 3.05) is 0 Å². The summed E-state index contributed by atoms with van der Waals surface area (Å²) in [5, 5.41) is 51.2. The SMILES string of the molecule is Cc1cc(C)[n+]([O-])c(Cl)c1C(C#N)=Cc1cc(O)c(O)c([N+](=O)[O-])c1. The zero-order valence-corrected chi connectivity index (χ0v) is 13.9. The summed E-state index contributed by atoms with van der Waals surface area (Å²) in [7, 11) is 0. The Bertz CT molecular complexity index is 963. The molecule has 2 aromatic rings. The lowest BCUT2D eigenvalue weighted by atomic mass is 10.00. The third-order valence-electron chi connectivity index (χ3n) is 3.51. The fourth-order valence-electron chi connectivity index (χ4n) is 2.36. The summed E-state index contributed by atoms with van der Waals surface area (Å²) in [4.78, 5) is 10.1. The van der Waals surface area contributed by atoms with Crippen molar-refractivity contribution in [2.24, 2.45) is 0 Å². The maximum Gasteiger partial charge on any atom is 0.315 e. The molecule has 0 bridgehead atoms. The maximum atomic E-state index is 11.9. The van der Waals surface area contributed by atoms with E-state index in [1.165, 1.54) is 6.08 Å². The van der Waals surface area contributed by atoms with Crippen molar-refractivity contribution in [1.29, 1.82) is 5.26 Å². The van der Waals surface area contributed by atoms with Crippen LogP contribution in [0.5, 0.6) is 11.5 Å². The summed E-state index contributed by atoms with van der Waals surface area (Å²) < 4.78 is 0.464. The van der Waals surface area contributed by atoms with Crippen LogP contribution in [0.4, 0.5) is 5.69 Å². The van der Waals surface area contributed by atoms with Gasteiger partial charge in [0.2, 0.25) is 5.75 Å². The molecule has 9 heteroatoms. The fourth-order valence-corrected chi connectivity index (χ4v) is 2.75. The number of hydrogen-bond donors (Lipinski definition) is 2. The molecule has 1 heterocycles. The van der Waals surface area contributed by atoms with Crippen molar-refractivity contribution >= 4 is 28.9 Å². The van der Waals surface area contributed by atoms with Crippen molar-refractivity contribution in [1.82, 2.24) is 0 Å². The molecule has 0 saturated carbocycles. The average molecular weight is 362 g/mol. The van der Waals surface area contributed by atoms with Gasteiger partial charge in [-0.25, -0.2) is 0 Å². The van der Waals surface area contributed by atoms with Gasteiger partial charge in [-0.3, -0.25) is 10.1 Å². The van der Waals surface area contributed by atoms with Crippen molar-refractivity contribution in [2.45, 2.75) is 13.8 Å². The molecule has 0 unspecified atom stereocenters. The van der Waals surface area contributed by atoms with Crippen molar-refractivity contribution in [3.05, 3.63) is 61.1 Å². The number of halogens is 1. The quantitative estimate of drug-likeness (QED) is 0.164. The number of nitrogens with zero attached hydrogens (tertiary/aromatic N) is 3. The normalized spacial score (nSPS) is 11.2. The number of rotatable bonds is 3. The van der Waals surface area contributed by atoms with Crippen LogP contribution >= 0.6 is 11.6 Å². The number of aromatic nitrogens is 1. The summed E-state index contributed by atoms with van der Waals surface area (Å²) in [6, 6.07) is 5.49. The highest BCUT2D eigenvalue weighted by Gasteiger charge is 2.22. The molecule has 0 spiro atoms. The van der Waals surface area contributed by atoms with E-state index in [1.807, 2.05) is 6.07 Å². The van der Waals surface area contributed by atoms with Gasteiger partial charge in [0.25, 0.3) is 5.15 Å². The van der Waals surface area contributed by atoms with Gasteiger partial charge in [-0.15, -0.1) is 0 Å². The number of phenols is 2. The zero-order chi connectivity index (χ0) is 18.9. The van der Waals surface area contributed by atoms with Gasteiger partial charge in [0.05, 0.1) is 16.1 Å². The first-order valence-electron chi connectivity index (χ1n) is 6.89. The predicted molar refractivity (Wildman–Crippen MR) is 89.8 cm³/mol. The van der Waals surface area contributed by atoms with Crippen LogP contribution in [0.15, 0.2) is 18.2 Å². The van der Waals surface area contributed by atoms with Gasteiger partial charge in [0.15, 0.2) is 11.4 Å². The molecule has 1 aromatic heterocycles. The molecule has 1 aromatic carbocycles. The molecule has 25 heavy (non-hydrogen) atoms. The Labute approximate surface area is 147 Å². The second-order valence-electron chi connectivity index (χ2n) is 5.26. The van der Waals surface area contributed by atoms with Crippen LogP contribution in [-0.2, 0) is 0 Å². The Morgan fingerprint density at radius 2 is 2.00 bits per heavy atom. The standard InChI is InChI=1S/C16H12ClN3O5/c1-8-3-9(2)19(23)16(17)14(8)11(7-18)4-10-5-12(20(24)25)15(22)13(21)6-10/h3-6,21-22H,1-2H3. The first kappa shape index (κ1) is 18.0. The molecule has 8 nitrogen and oxygen atoms in total. The molecule has 0 radical (unpaired) electrons. The smallest absolute Gasteiger partial charge is 0.315 e. The molecule has 0 saturated heterocycles. The number of pyridine rings is 1. The van der Waals surface area contributed by atoms with Gasteiger partial charge < -0.3 is 15.4 Å². The number of nitro benzene ring substituents is 1. The number of aryl methyl sites for hydroxylation is 2. The molecule has 0 aliphatic heterocycles. The number of hydrogen-bond acceptors (Lipinski definition) is 6. The van der Waals surface area contributed by atoms with Crippen molar-refractivity contribution in [3.63, 3.8) is 0 Å². The van der Waals surface area contributed by atoms with Crippen LogP contribution in [0.1, 0.15) is 22.4 Å². The average Bonchev–Trinajstić information content (AvgIpc) is 2.54. The third kappa shape index (κ3) is 3.32. The largest absolute Gasteiger partial charge is 0.617 e. The highest BCUT2D eigenvalue weighted by molar-refractivity contribution is 6.30. The summed E-state index contributed by atoms with van der Waals surface area (Å²) in [6.07, 6.45) is 1.23. The molecule has 0 amide bonds. The number of nitro groups is 1. The molecule has 0 atom stereocenters. The second-order valence-corrected chi connectivity index (χ2v) is 5.62. The van der Waals surface area contributed by atoms with Crippen LogP contribution in [0, 0.1) is 40.5 Å². The van der Waals surface area contributed by atoms with E-state index in [0.717, 1.165) is 12.1 Å².